The number of halogens is 2. The van der Waals surface area contributed by atoms with Crippen molar-refractivity contribution in [2.24, 2.45) is 0 Å². The van der Waals surface area contributed by atoms with E-state index in [0.29, 0.717) is 41.0 Å². The summed E-state index contributed by atoms with van der Waals surface area (Å²) in [6.45, 7) is 6.21. The molecule has 3 aromatic carbocycles. The van der Waals surface area contributed by atoms with Gasteiger partial charge < -0.3 is 19.8 Å². The molecular formula is C29H31Cl2N3O3. The Bertz CT molecular complexity index is 1240. The first-order valence-corrected chi connectivity index (χ1v) is 13.0. The SMILES string of the molecule is C[C@@H](O)COc1ccc(N2CCN(C[C@@](C)(O)c3ccc(C#N)cc3)C[C@H]2c2ccc(Cl)cc2)c(Cl)c1. The van der Waals surface area contributed by atoms with Gasteiger partial charge in [-0.25, -0.2) is 0 Å². The molecule has 0 aliphatic carbocycles. The third kappa shape index (κ3) is 6.75. The molecule has 194 valence electrons. The zero-order chi connectivity index (χ0) is 26.6. The van der Waals surface area contributed by atoms with E-state index in [0.717, 1.165) is 23.4 Å². The summed E-state index contributed by atoms with van der Waals surface area (Å²) < 4.78 is 5.62. The fraction of sp³-hybridized carbons (Fsp3) is 0.345. The first-order chi connectivity index (χ1) is 17.7. The Balaban J connectivity index is 1.57. The molecule has 8 heteroatoms. The van der Waals surface area contributed by atoms with Crippen LogP contribution in [-0.2, 0) is 5.60 Å². The lowest BCUT2D eigenvalue weighted by Crippen LogP contribution is -2.52. The van der Waals surface area contributed by atoms with E-state index in [4.69, 9.17) is 33.2 Å². The lowest BCUT2D eigenvalue weighted by Gasteiger charge is -2.45. The summed E-state index contributed by atoms with van der Waals surface area (Å²) in [5.74, 6) is 0.606. The van der Waals surface area contributed by atoms with E-state index in [-0.39, 0.29) is 12.6 Å². The molecule has 0 unspecified atom stereocenters. The maximum Gasteiger partial charge on any atom is 0.121 e. The monoisotopic (exact) mass is 539 g/mol. The van der Waals surface area contributed by atoms with Crippen LogP contribution in [0.25, 0.3) is 0 Å². The fourth-order valence-corrected chi connectivity index (χ4v) is 5.10. The largest absolute Gasteiger partial charge is 0.491 e. The number of anilines is 1. The Labute approximate surface area is 228 Å². The van der Waals surface area contributed by atoms with E-state index in [2.05, 4.69) is 15.9 Å². The van der Waals surface area contributed by atoms with Crippen LogP contribution < -0.4 is 9.64 Å². The van der Waals surface area contributed by atoms with Crippen LogP contribution in [0.2, 0.25) is 10.0 Å². The highest BCUT2D eigenvalue weighted by atomic mass is 35.5. The van der Waals surface area contributed by atoms with Crippen molar-refractivity contribution in [3.63, 3.8) is 0 Å². The number of rotatable bonds is 8. The van der Waals surface area contributed by atoms with Gasteiger partial charge in [-0.05, 0) is 61.4 Å². The normalized spacial score (nSPS) is 18.6. The van der Waals surface area contributed by atoms with Crippen molar-refractivity contribution in [1.29, 1.82) is 5.26 Å². The number of piperazine rings is 1. The molecule has 6 nitrogen and oxygen atoms in total. The first-order valence-electron chi connectivity index (χ1n) is 12.2. The van der Waals surface area contributed by atoms with Crippen molar-refractivity contribution < 1.29 is 14.9 Å². The molecule has 0 radical (unpaired) electrons. The molecule has 1 saturated heterocycles. The molecule has 0 spiro atoms. The highest BCUT2D eigenvalue weighted by Crippen LogP contribution is 2.38. The minimum Gasteiger partial charge on any atom is -0.491 e. The van der Waals surface area contributed by atoms with Gasteiger partial charge in [-0.3, -0.25) is 4.90 Å². The molecule has 37 heavy (non-hydrogen) atoms. The van der Waals surface area contributed by atoms with Crippen LogP contribution in [0.15, 0.2) is 66.7 Å². The van der Waals surface area contributed by atoms with Crippen LogP contribution in [0, 0.1) is 11.3 Å². The first kappa shape index (κ1) is 27.3. The van der Waals surface area contributed by atoms with Gasteiger partial charge in [0.05, 0.1) is 40.1 Å². The van der Waals surface area contributed by atoms with E-state index >= 15 is 0 Å². The van der Waals surface area contributed by atoms with Crippen LogP contribution >= 0.6 is 23.2 Å². The van der Waals surface area contributed by atoms with Crippen LogP contribution in [0.4, 0.5) is 5.69 Å². The van der Waals surface area contributed by atoms with Gasteiger partial charge in [0.2, 0.25) is 0 Å². The summed E-state index contributed by atoms with van der Waals surface area (Å²) in [6, 6.07) is 22.6. The van der Waals surface area contributed by atoms with Gasteiger partial charge in [0.15, 0.2) is 0 Å². The van der Waals surface area contributed by atoms with E-state index in [9.17, 15) is 10.2 Å². The average Bonchev–Trinajstić information content (AvgIpc) is 2.88. The molecule has 0 saturated carbocycles. The molecule has 2 N–H and O–H groups in total. The third-order valence-electron chi connectivity index (χ3n) is 6.61. The van der Waals surface area contributed by atoms with Crippen LogP contribution in [0.3, 0.4) is 0 Å². The van der Waals surface area contributed by atoms with E-state index in [1.165, 1.54) is 0 Å². The van der Waals surface area contributed by atoms with E-state index in [1.807, 2.05) is 48.5 Å². The van der Waals surface area contributed by atoms with Gasteiger partial charge in [0.25, 0.3) is 0 Å². The zero-order valence-electron chi connectivity index (χ0n) is 20.9. The minimum atomic E-state index is -1.08. The molecule has 1 aliphatic heterocycles. The lowest BCUT2D eigenvalue weighted by molar-refractivity contribution is 0.0103. The second-order valence-corrected chi connectivity index (χ2v) is 10.6. The number of aliphatic hydroxyl groups is 2. The topological polar surface area (TPSA) is 80.0 Å². The molecule has 0 amide bonds. The summed E-state index contributed by atoms with van der Waals surface area (Å²) in [5, 5.41) is 31.2. The predicted molar refractivity (Wildman–Crippen MR) is 147 cm³/mol. The summed E-state index contributed by atoms with van der Waals surface area (Å²) in [4.78, 5) is 4.53. The molecule has 0 bridgehead atoms. The maximum atomic E-state index is 11.3. The molecule has 1 fully saturated rings. The van der Waals surface area contributed by atoms with Gasteiger partial charge in [0.1, 0.15) is 12.4 Å². The maximum absolute atomic E-state index is 11.3. The second kappa shape index (κ2) is 11.7. The number of ether oxygens (including phenoxy) is 1. The van der Waals surface area contributed by atoms with Gasteiger partial charge >= 0.3 is 0 Å². The molecule has 1 heterocycles. The van der Waals surface area contributed by atoms with Gasteiger partial charge in [-0.2, -0.15) is 5.26 Å². The number of benzene rings is 3. The number of nitrogens with zero attached hydrogens (tertiary/aromatic N) is 3. The molecule has 4 rings (SSSR count). The average molecular weight is 540 g/mol. The minimum absolute atomic E-state index is 0.0236. The van der Waals surface area contributed by atoms with Crippen LogP contribution in [0.5, 0.6) is 5.75 Å². The van der Waals surface area contributed by atoms with Gasteiger partial charge in [0, 0.05) is 37.3 Å². The van der Waals surface area contributed by atoms with Crippen molar-refractivity contribution in [3.8, 4) is 11.8 Å². The van der Waals surface area contributed by atoms with Gasteiger partial charge in [-0.15, -0.1) is 0 Å². The standard InChI is InChI=1S/C29H31Cl2N3O3/c1-20(35)18-37-25-11-12-27(26(31)15-25)34-14-13-33(17-28(34)22-5-9-24(30)10-6-22)19-29(2,36)23-7-3-21(16-32)4-8-23/h3-12,15,20,28,35-36H,13-14,17-19H2,1-2H3/t20-,28+,29-/m1/s1. The van der Waals surface area contributed by atoms with Crippen molar-refractivity contribution in [3.05, 3.63) is 93.5 Å². The Morgan fingerprint density at radius 1 is 1.08 bits per heavy atom. The lowest BCUT2D eigenvalue weighted by atomic mass is 9.93. The quantitative estimate of drug-likeness (QED) is 0.399. The van der Waals surface area contributed by atoms with Crippen molar-refractivity contribution in [2.45, 2.75) is 31.6 Å². The molecular weight excluding hydrogens is 509 g/mol. The Morgan fingerprint density at radius 3 is 2.41 bits per heavy atom. The number of hydrogen-bond acceptors (Lipinski definition) is 6. The molecule has 1 aliphatic rings. The number of nitriles is 1. The number of aliphatic hydroxyl groups excluding tert-OH is 1. The van der Waals surface area contributed by atoms with E-state index < -0.39 is 11.7 Å². The Hall–Kier alpha value is -2.79. The fourth-order valence-electron chi connectivity index (χ4n) is 4.70. The van der Waals surface area contributed by atoms with E-state index in [1.54, 1.807) is 32.0 Å². The van der Waals surface area contributed by atoms with Crippen molar-refractivity contribution in [2.75, 3.05) is 37.7 Å². The highest BCUT2D eigenvalue weighted by Gasteiger charge is 2.34. The second-order valence-electron chi connectivity index (χ2n) is 9.73. The predicted octanol–water partition coefficient (Wildman–Crippen LogP) is 5.40. The highest BCUT2D eigenvalue weighted by molar-refractivity contribution is 6.33. The smallest absolute Gasteiger partial charge is 0.121 e. The number of β-amino-alcohol motifs (C(OH)–C–C–N with tert-alkyl or cyclic N) is 1. The molecule has 0 aromatic heterocycles. The zero-order valence-corrected chi connectivity index (χ0v) is 22.5. The Kier molecular flexibility index (Phi) is 8.63. The number of hydrogen-bond donors (Lipinski definition) is 2. The van der Waals surface area contributed by atoms with Gasteiger partial charge in [-0.1, -0.05) is 47.5 Å². The summed E-state index contributed by atoms with van der Waals surface area (Å²) in [7, 11) is 0. The molecule has 3 atom stereocenters. The van der Waals surface area contributed by atoms with Crippen molar-refractivity contribution in [1.82, 2.24) is 4.90 Å². The van der Waals surface area contributed by atoms with Crippen LogP contribution in [-0.4, -0.2) is 54.0 Å². The molecule has 3 aromatic rings. The van der Waals surface area contributed by atoms with Crippen LogP contribution in [0.1, 0.15) is 36.6 Å². The third-order valence-corrected chi connectivity index (χ3v) is 7.16. The summed E-state index contributed by atoms with van der Waals surface area (Å²) in [5.41, 5.74) is 2.24. The summed E-state index contributed by atoms with van der Waals surface area (Å²) in [6.07, 6.45) is -0.567. The van der Waals surface area contributed by atoms with Crippen molar-refractivity contribution >= 4 is 28.9 Å². The Morgan fingerprint density at radius 2 is 1.78 bits per heavy atom. The summed E-state index contributed by atoms with van der Waals surface area (Å²) >= 11 is 12.9.